The third kappa shape index (κ3) is 3.97. The number of nitrogens with zero attached hydrogens (tertiary/aromatic N) is 3. The van der Waals surface area contributed by atoms with Crippen molar-refractivity contribution in [2.24, 2.45) is 0 Å². The summed E-state index contributed by atoms with van der Waals surface area (Å²) < 4.78 is 48.3. The van der Waals surface area contributed by atoms with Crippen LogP contribution in [0, 0.1) is 0 Å². The van der Waals surface area contributed by atoms with Gasteiger partial charge in [0.2, 0.25) is 0 Å². The van der Waals surface area contributed by atoms with Gasteiger partial charge in [-0.05, 0) is 17.7 Å². The molecule has 0 spiro atoms. The fourth-order valence-corrected chi connectivity index (χ4v) is 4.08. The highest BCUT2D eigenvalue weighted by molar-refractivity contribution is 9.10. The molecule has 3 heterocycles. The van der Waals surface area contributed by atoms with Gasteiger partial charge in [-0.15, -0.1) is 0 Å². The first-order chi connectivity index (χ1) is 13.8. The molecule has 29 heavy (non-hydrogen) atoms. The average Bonchev–Trinajstić information content (AvgIpc) is 3.04. The van der Waals surface area contributed by atoms with Crippen LogP contribution in [0.4, 0.5) is 19.0 Å². The van der Waals surface area contributed by atoms with Crippen molar-refractivity contribution >= 4 is 39.3 Å². The standard InChI is InChI=1S/C18H17BrClF3N4O2/c19-11-3-1-10(2-4-11)12-9-13(18(21,22)23)27-16(24-12)14(20)15(25-27)17(28)26-5-7-29-8-6-26/h1-4,12-13,24H,5-9H2. The van der Waals surface area contributed by atoms with Gasteiger partial charge in [0.05, 0.1) is 19.3 Å². The summed E-state index contributed by atoms with van der Waals surface area (Å²) in [5.74, 6) is -0.493. The van der Waals surface area contributed by atoms with Crippen molar-refractivity contribution in [2.45, 2.75) is 24.7 Å². The van der Waals surface area contributed by atoms with E-state index in [0.29, 0.717) is 31.9 Å². The number of alkyl halides is 3. The highest BCUT2D eigenvalue weighted by Gasteiger charge is 2.48. The molecule has 4 rings (SSSR count). The Morgan fingerprint density at radius 3 is 2.52 bits per heavy atom. The summed E-state index contributed by atoms with van der Waals surface area (Å²) in [7, 11) is 0. The van der Waals surface area contributed by atoms with Crippen LogP contribution in [-0.2, 0) is 4.74 Å². The molecular weight excluding hydrogens is 477 g/mol. The van der Waals surface area contributed by atoms with Crippen LogP contribution in [0.3, 0.4) is 0 Å². The summed E-state index contributed by atoms with van der Waals surface area (Å²) in [6.45, 7) is 1.42. The molecule has 1 aromatic carbocycles. The molecule has 0 saturated carbocycles. The first-order valence-electron chi connectivity index (χ1n) is 8.99. The minimum atomic E-state index is -4.54. The number of fused-ring (bicyclic) bond motifs is 1. The van der Waals surface area contributed by atoms with Crippen LogP contribution >= 0.6 is 27.5 Å². The number of halogens is 5. The number of hydrogen-bond donors (Lipinski definition) is 1. The van der Waals surface area contributed by atoms with Crippen molar-refractivity contribution in [3.05, 3.63) is 45.0 Å². The molecule has 156 valence electrons. The zero-order valence-corrected chi connectivity index (χ0v) is 17.4. The number of carbonyl (C=O) groups is 1. The molecular formula is C18H17BrClF3N4O2. The Morgan fingerprint density at radius 2 is 1.90 bits per heavy atom. The van der Waals surface area contributed by atoms with Crippen molar-refractivity contribution < 1.29 is 22.7 Å². The number of anilines is 1. The number of carbonyl (C=O) groups excluding carboxylic acids is 1. The zero-order chi connectivity index (χ0) is 20.8. The monoisotopic (exact) mass is 492 g/mol. The summed E-state index contributed by atoms with van der Waals surface area (Å²) in [6, 6.07) is 4.50. The molecule has 2 atom stereocenters. The summed E-state index contributed by atoms with van der Waals surface area (Å²) in [5.41, 5.74) is 0.508. The first kappa shape index (κ1) is 20.5. The van der Waals surface area contributed by atoms with E-state index in [4.69, 9.17) is 16.3 Å². The highest BCUT2D eigenvalue weighted by Crippen LogP contribution is 2.46. The number of ether oxygens (including phenoxy) is 1. The Balaban J connectivity index is 1.71. The van der Waals surface area contributed by atoms with Crippen LogP contribution in [0.15, 0.2) is 28.7 Å². The second kappa shape index (κ2) is 7.81. The van der Waals surface area contributed by atoms with Gasteiger partial charge in [-0.1, -0.05) is 39.7 Å². The number of rotatable bonds is 2. The van der Waals surface area contributed by atoms with Crippen molar-refractivity contribution in [1.29, 1.82) is 0 Å². The van der Waals surface area contributed by atoms with Gasteiger partial charge in [-0.3, -0.25) is 4.79 Å². The van der Waals surface area contributed by atoms with E-state index < -0.39 is 24.2 Å². The topological polar surface area (TPSA) is 59.4 Å². The van der Waals surface area contributed by atoms with Crippen LogP contribution in [0.2, 0.25) is 5.02 Å². The number of nitrogens with one attached hydrogen (secondary N) is 1. The van der Waals surface area contributed by atoms with E-state index in [1.54, 1.807) is 24.3 Å². The van der Waals surface area contributed by atoms with Crippen molar-refractivity contribution in [3.63, 3.8) is 0 Å². The molecule has 2 aromatic rings. The number of hydrogen-bond acceptors (Lipinski definition) is 4. The molecule has 0 bridgehead atoms. The molecule has 1 N–H and O–H groups in total. The van der Waals surface area contributed by atoms with Gasteiger partial charge in [0.25, 0.3) is 5.91 Å². The molecule has 2 unspecified atom stereocenters. The van der Waals surface area contributed by atoms with Gasteiger partial charge in [-0.2, -0.15) is 18.3 Å². The Kier molecular flexibility index (Phi) is 5.52. The van der Waals surface area contributed by atoms with E-state index in [2.05, 4.69) is 26.3 Å². The molecule has 1 amide bonds. The van der Waals surface area contributed by atoms with Crippen LogP contribution in [-0.4, -0.2) is 53.1 Å². The fourth-order valence-electron chi connectivity index (χ4n) is 3.56. The number of amides is 1. The maximum Gasteiger partial charge on any atom is 0.410 e. The SMILES string of the molecule is O=C(c1nn2c(c1Cl)NC(c1ccc(Br)cc1)CC2C(F)(F)F)N1CCOCC1. The van der Waals surface area contributed by atoms with Crippen molar-refractivity contribution in [2.75, 3.05) is 31.6 Å². The zero-order valence-electron chi connectivity index (χ0n) is 15.0. The molecule has 0 radical (unpaired) electrons. The lowest BCUT2D eigenvalue weighted by molar-refractivity contribution is -0.173. The second-order valence-electron chi connectivity index (χ2n) is 6.90. The summed E-state index contributed by atoms with van der Waals surface area (Å²) in [4.78, 5) is 14.3. The molecule has 0 aliphatic carbocycles. The molecule has 2 aliphatic rings. The van der Waals surface area contributed by atoms with Gasteiger partial charge in [0.1, 0.15) is 10.8 Å². The number of morpholine rings is 1. The Morgan fingerprint density at radius 1 is 1.24 bits per heavy atom. The number of benzene rings is 1. The molecule has 6 nitrogen and oxygen atoms in total. The Labute approximate surface area is 178 Å². The maximum atomic E-state index is 13.8. The third-order valence-electron chi connectivity index (χ3n) is 5.07. The van der Waals surface area contributed by atoms with E-state index in [0.717, 1.165) is 9.15 Å². The van der Waals surface area contributed by atoms with Crippen LogP contribution in [0.1, 0.15) is 34.6 Å². The predicted octanol–water partition coefficient (Wildman–Crippen LogP) is 4.43. The van der Waals surface area contributed by atoms with Gasteiger partial charge in [0.15, 0.2) is 11.7 Å². The molecule has 11 heteroatoms. The van der Waals surface area contributed by atoms with Crippen molar-refractivity contribution in [3.8, 4) is 0 Å². The first-order valence-corrected chi connectivity index (χ1v) is 10.2. The van der Waals surface area contributed by atoms with Gasteiger partial charge < -0.3 is 15.0 Å². The summed E-state index contributed by atoms with van der Waals surface area (Å²) >= 11 is 9.67. The van der Waals surface area contributed by atoms with E-state index in [1.807, 2.05) is 0 Å². The van der Waals surface area contributed by atoms with Crippen molar-refractivity contribution in [1.82, 2.24) is 14.7 Å². The normalized spacial score (nSPS) is 22.2. The average molecular weight is 494 g/mol. The molecule has 1 fully saturated rings. The van der Waals surface area contributed by atoms with E-state index >= 15 is 0 Å². The van der Waals surface area contributed by atoms with E-state index in [1.165, 1.54) is 4.90 Å². The van der Waals surface area contributed by atoms with Crippen LogP contribution in [0.5, 0.6) is 0 Å². The molecule has 2 aliphatic heterocycles. The minimum Gasteiger partial charge on any atom is -0.378 e. The second-order valence-corrected chi connectivity index (χ2v) is 8.20. The fraction of sp³-hybridized carbons (Fsp3) is 0.444. The molecule has 1 saturated heterocycles. The van der Waals surface area contributed by atoms with E-state index in [9.17, 15) is 18.0 Å². The van der Waals surface area contributed by atoms with Gasteiger partial charge in [0, 0.05) is 24.0 Å². The highest BCUT2D eigenvalue weighted by atomic mass is 79.9. The quantitative estimate of drug-likeness (QED) is 0.672. The predicted molar refractivity (Wildman–Crippen MR) is 104 cm³/mol. The molecule has 1 aromatic heterocycles. The number of aromatic nitrogens is 2. The van der Waals surface area contributed by atoms with Crippen LogP contribution < -0.4 is 5.32 Å². The van der Waals surface area contributed by atoms with Crippen LogP contribution in [0.25, 0.3) is 0 Å². The van der Waals surface area contributed by atoms with Gasteiger partial charge in [-0.25, -0.2) is 4.68 Å². The smallest absolute Gasteiger partial charge is 0.378 e. The Bertz CT molecular complexity index is 913. The lowest BCUT2D eigenvalue weighted by Crippen LogP contribution is -2.41. The minimum absolute atomic E-state index is 0.00442. The lowest BCUT2D eigenvalue weighted by atomic mass is 9.97. The third-order valence-corrected chi connectivity index (χ3v) is 5.96. The lowest BCUT2D eigenvalue weighted by Gasteiger charge is -2.33. The summed E-state index contributed by atoms with van der Waals surface area (Å²) in [6.07, 6.45) is -4.81. The van der Waals surface area contributed by atoms with Gasteiger partial charge >= 0.3 is 6.18 Å². The largest absolute Gasteiger partial charge is 0.410 e. The summed E-state index contributed by atoms with van der Waals surface area (Å²) in [5, 5.41) is 6.92. The Hall–Kier alpha value is -1.78. The maximum absolute atomic E-state index is 13.8. The van der Waals surface area contributed by atoms with E-state index in [-0.39, 0.29) is 23.0 Å².